The molecule has 136 valence electrons. The summed E-state index contributed by atoms with van der Waals surface area (Å²) in [7, 11) is 0. The molecule has 0 saturated carbocycles. The molecule has 0 bridgehead atoms. The number of benzene rings is 2. The summed E-state index contributed by atoms with van der Waals surface area (Å²) in [4.78, 5) is 25.2. The summed E-state index contributed by atoms with van der Waals surface area (Å²) in [5.41, 5.74) is 2.51. The number of hydrogen-bond acceptors (Lipinski definition) is 5. The third-order valence-corrected chi connectivity index (χ3v) is 4.41. The second-order valence-electron chi connectivity index (χ2n) is 6.18. The van der Waals surface area contributed by atoms with Crippen LogP contribution in [0.1, 0.15) is 35.8 Å². The molecule has 0 aliphatic rings. The number of nitrogens with zero attached hydrogens (tertiary/aromatic N) is 4. The maximum atomic E-state index is 12.7. The molecule has 0 radical (unpaired) electrons. The summed E-state index contributed by atoms with van der Waals surface area (Å²) in [5, 5.41) is 20.2. The van der Waals surface area contributed by atoms with E-state index in [0.717, 1.165) is 11.1 Å². The van der Waals surface area contributed by atoms with E-state index in [4.69, 9.17) is 0 Å². The second kappa shape index (κ2) is 7.79. The highest BCUT2D eigenvalue weighted by Crippen LogP contribution is 2.18. The second-order valence-corrected chi connectivity index (χ2v) is 6.18. The lowest BCUT2D eigenvalue weighted by atomic mass is 9.97. The molecule has 1 amide bonds. The molecule has 3 rings (SSSR count). The van der Waals surface area contributed by atoms with Gasteiger partial charge in [0.2, 0.25) is 5.91 Å². The lowest BCUT2D eigenvalue weighted by Crippen LogP contribution is -2.36. The van der Waals surface area contributed by atoms with Gasteiger partial charge in [-0.1, -0.05) is 35.5 Å². The highest BCUT2D eigenvalue weighted by molar-refractivity contribution is 6.13. The summed E-state index contributed by atoms with van der Waals surface area (Å²) in [6.07, 6.45) is 0. The first-order valence-corrected chi connectivity index (χ1v) is 8.67. The zero-order chi connectivity index (χ0) is 19.4. The van der Waals surface area contributed by atoms with Gasteiger partial charge < -0.3 is 5.32 Å². The van der Waals surface area contributed by atoms with Gasteiger partial charge in [0.25, 0.3) is 0 Å². The number of Topliss-reactive ketones (excluding diaryl/α,β-unsaturated/α-hetero) is 1. The summed E-state index contributed by atoms with van der Waals surface area (Å²) in [5.74, 6) is -2.59. The van der Waals surface area contributed by atoms with E-state index < -0.39 is 17.6 Å². The Kier molecular flexibility index (Phi) is 5.27. The average molecular weight is 361 g/mol. The topological polar surface area (TPSA) is 101 Å². The van der Waals surface area contributed by atoms with E-state index in [1.807, 2.05) is 43.3 Å². The van der Waals surface area contributed by atoms with Gasteiger partial charge in [-0.3, -0.25) is 9.59 Å². The zero-order valence-corrected chi connectivity index (χ0v) is 15.1. The Balaban J connectivity index is 1.79. The minimum Gasteiger partial charge on any atom is -0.348 e. The standard InChI is InChI=1S/C20H19N5O2/c1-3-25-18-10-9-15(11-17(18)23-24-25)19(26)16(12-21)20(27)22-13(2)14-7-5-4-6-8-14/h4-11,13,16H,3H2,1-2H3,(H,22,27). The van der Waals surface area contributed by atoms with E-state index in [-0.39, 0.29) is 11.6 Å². The Morgan fingerprint density at radius 3 is 2.63 bits per heavy atom. The smallest absolute Gasteiger partial charge is 0.245 e. The minimum absolute atomic E-state index is 0.264. The van der Waals surface area contributed by atoms with Crippen LogP contribution in [0.25, 0.3) is 11.0 Å². The first-order valence-electron chi connectivity index (χ1n) is 8.67. The molecule has 0 aliphatic heterocycles. The van der Waals surface area contributed by atoms with Crippen molar-refractivity contribution in [3.8, 4) is 6.07 Å². The van der Waals surface area contributed by atoms with Gasteiger partial charge >= 0.3 is 0 Å². The van der Waals surface area contributed by atoms with Crippen molar-refractivity contribution in [3.05, 3.63) is 59.7 Å². The highest BCUT2D eigenvalue weighted by atomic mass is 16.2. The lowest BCUT2D eigenvalue weighted by Gasteiger charge is -2.16. The zero-order valence-electron chi connectivity index (χ0n) is 15.1. The molecule has 7 heteroatoms. The van der Waals surface area contributed by atoms with Crippen LogP contribution in [0.5, 0.6) is 0 Å². The predicted octanol–water partition coefficient (Wildman–Crippen LogP) is 2.65. The number of rotatable bonds is 6. The van der Waals surface area contributed by atoms with Crippen LogP contribution in [0, 0.1) is 17.2 Å². The molecule has 2 unspecified atom stereocenters. The molecule has 0 spiro atoms. The molecule has 1 N–H and O–H groups in total. The van der Waals surface area contributed by atoms with E-state index in [9.17, 15) is 14.9 Å². The number of fused-ring (bicyclic) bond motifs is 1. The van der Waals surface area contributed by atoms with Gasteiger partial charge in [-0.05, 0) is 37.6 Å². The number of nitriles is 1. The SMILES string of the molecule is CCn1nnc2cc(C(=O)C(C#N)C(=O)NC(C)c3ccccc3)ccc21. The maximum absolute atomic E-state index is 12.7. The van der Waals surface area contributed by atoms with Crippen LogP contribution in [0.4, 0.5) is 0 Å². The number of amides is 1. The quantitative estimate of drug-likeness (QED) is 0.537. The van der Waals surface area contributed by atoms with Gasteiger partial charge in [-0.15, -0.1) is 5.10 Å². The number of nitrogens with one attached hydrogen (secondary N) is 1. The van der Waals surface area contributed by atoms with Crippen LogP contribution in [-0.2, 0) is 11.3 Å². The van der Waals surface area contributed by atoms with Gasteiger partial charge in [-0.25, -0.2) is 4.68 Å². The Bertz CT molecular complexity index is 1020. The molecule has 1 heterocycles. The summed E-state index contributed by atoms with van der Waals surface area (Å²) < 4.78 is 1.71. The molecule has 27 heavy (non-hydrogen) atoms. The van der Waals surface area contributed by atoms with E-state index in [0.29, 0.717) is 12.1 Å². The Labute approximate surface area is 156 Å². The molecule has 0 aliphatic carbocycles. The largest absolute Gasteiger partial charge is 0.348 e. The third kappa shape index (κ3) is 3.70. The fraction of sp³-hybridized carbons (Fsp3) is 0.250. The summed E-state index contributed by atoms with van der Waals surface area (Å²) in [6.45, 7) is 4.41. The molecule has 2 aromatic carbocycles. The first-order chi connectivity index (χ1) is 13.0. The van der Waals surface area contributed by atoms with Crippen LogP contribution in [0.15, 0.2) is 48.5 Å². The Hall–Kier alpha value is -3.53. The van der Waals surface area contributed by atoms with Crippen molar-refractivity contribution < 1.29 is 9.59 Å². The predicted molar refractivity (Wildman–Crippen MR) is 99.6 cm³/mol. The van der Waals surface area contributed by atoms with E-state index in [2.05, 4.69) is 15.6 Å². The van der Waals surface area contributed by atoms with Crippen molar-refractivity contribution in [1.29, 1.82) is 5.26 Å². The number of aromatic nitrogens is 3. The van der Waals surface area contributed by atoms with Gasteiger partial charge in [0.05, 0.1) is 17.6 Å². The van der Waals surface area contributed by atoms with E-state index in [1.54, 1.807) is 29.8 Å². The summed E-state index contributed by atoms with van der Waals surface area (Å²) >= 11 is 0. The molecular weight excluding hydrogens is 342 g/mol. The van der Waals surface area contributed by atoms with Gasteiger partial charge in [0, 0.05) is 12.1 Å². The van der Waals surface area contributed by atoms with Gasteiger partial charge in [0.1, 0.15) is 5.52 Å². The maximum Gasteiger partial charge on any atom is 0.245 e. The number of ketones is 1. The molecular formula is C20H19N5O2. The van der Waals surface area contributed by atoms with Crippen LogP contribution in [0.2, 0.25) is 0 Å². The normalized spacial score (nSPS) is 12.9. The van der Waals surface area contributed by atoms with Crippen molar-refractivity contribution in [1.82, 2.24) is 20.3 Å². The van der Waals surface area contributed by atoms with E-state index >= 15 is 0 Å². The van der Waals surface area contributed by atoms with Crippen molar-refractivity contribution >= 4 is 22.7 Å². The monoisotopic (exact) mass is 361 g/mol. The third-order valence-electron chi connectivity index (χ3n) is 4.41. The van der Waals surface area contributed by atoms with Gasteiger partial charge in [0.15, 0.2) is 11.7 Å². The number of hydrogen-bond donors (Lipinski definition) is 1. The highest BCUT2D eigenvalue weighted by Gasteiger charge is 2.29. The average Bonchev–Trinajstić information content (AvgIpc) is 3.11. The fourth-order valence-electron chi connectivity index (χ4n) is 2.88. The van der Waals surface area contributed by atoms with Gasteiger partial charge in [-0.2, -0.15) is 5.26 Å². The van der Waals surface area contributed by atoms with Crippen molar-refractivity contribution in [2.75, 3.05) is 0 Å². The lowest BCUT2D eigenvalue weighted by molar-refractivity contribution is -0.122. The number of aryl methyl sites for hydroxylation is 1. The van der Waals surface area contributed by atoms with E-state index in [1.165, 1.54) is 0 Å². The Morgan fingerprint density at radius 1 is 1.22 bits per heavy atom. The number of carbonyl (C=O) groups excluding carboxylic acids is 2. The van der Waals surface area contributed by atoms with Crippen LogP contribution in [0.3, 0.4) is 0 Å². The van der Waals surface area contributed by atoms with Crippen LogP contribution < -0.4 is 5.32 Å². The van der Waals surface area contributed by atoms with Crippen molar-refractivity contribution in [2.45, 2.75) is 26.4 Å². The van der Waals surface area contributed by atoms with Crippen LogP contribution in [-0.4, -0.2) is 26.7 Å². The molecule has 2 atom stereocenters. The molecule has 0 saturated heterocycles. The fourth-order valence-corrected chi connectivity index (χ4v) is 2.88. The number of carbonyl (C=O) groups is 2. The first kappa shape index (κ1) is 18.3. The molecule has 1 aromatic heterocycles. The molecule has 7 nitrogen and oxygen atoms in total. The van der Waals surface area contributed by atoms with Crippen molar-refractivity contribution in [2.24, 2.45) is 5.92 Å². The van der Waals surface area contributed by atoms with Crippen molar-refractivity contribution in [3.63, 3.8) is 0 Å². The molecule has 0 fully saturated rings. The van der Waals surface area contributed by atoms with Crippen LogP contribution >= 0.6 is 0 Å². The Morgan fingerprint density at radius 2 is 1.96 bits per heavy atom. The minimum atomic E-state index is -1.42. The molecule has 3 aromatic rings. The summed E-state index contributed by atoms with van der Waals surface area (Å²) in [6, 6.07) is 15.8.